The second-order valence-corrected chi connectivity index (χ2v) is 9.65. The van der Waals surface area contributed by atoms with Crippen molar-refractivity contribution in [3.05, 3.63) is 71.7 Å². The van der Waals surface area contributed by atoms with Crippen LogP contribution in [-0.4, -0.2) is 21.9 Å². The number of halogens is 2. The van der Waals surface area contributed by atoms with Crippen LogP contribution in [0.2, 0.25) is 0 Å². The van der Waals surface area contributed by atoms with Crippen molar-refractivity contribution in [2.75, 3.05) is 5.32 Å². The quantitative estimate of drug-likeness (QED) is 0.499. The zero-order chi connectivity index (χ0) is 24.4. The number of anilines is 1. The summed E-state index contributed by atoms with van der Waals surface area (Å²) in [5.74, 6) is -0.684. The van der Waals surface area contributed by atoms with Crippen LogP contribution in [-0.2, 0) is 0 Å². The van der Waals surface area contributed by atoms with Crippen molar-refractivity contribution in [2.24, 2.45) is 17.6 Å². The van der Waals surface area contributed by atoms with Crippen LogP contribution in [0.5, 0.6) is 0 Å². The van der Waals surface area contributed by atoms with Gasteiger partial charge >= 0.3 is 0 Å². The summed E-state index contributed by atoms with van der Waals surface area (Å²) in [5, 5.41) is 3.33. The molecule has 0 bridgehead atoms. The van der Waals surface area contributed by atoms with Crippen LogP contribution < -0.4 is 16.4 Å². The van der Waals surface area contributed by atoms with E-state index in [1.54, 1.807) is 18.5 Å². The summed E-state index contributed by atoms with van der Waals surface area (Å²) in [6, 6.07) is 8.83. The first kappa shape index (κ1) is 24.4. The topological polar surface area (TPSA) is 80.9 Å². The van der Waals surface area contributed by atoms with Gasteiger partial charge in [0.1, 0.15) is 23.0 Å². The van der Waals surface area contributed by atoms with E-state index in [1.807, 2.05) is 6.07 Å². The van der Waals surface area contributed by atoms with E-state index < -0.39 is 17.5 Å². The maximum absolute atomic E-state index is 14.6. The van der Waals surface area contributed by atoms with Gasteiger partial charge in [-0.05, 0) is 65.7 Å². The van der Waals surface area contributed by atoms with E-state index in [-0.39, 0.29) is 28.9 Å². The molecule has 1 aliphatic rings. The lowest BCUT2D eigenvalue weighted by Gasteiger charge is -2.39. The Balaban J connectivity index is 1.62. The van der Waals surface area contributed by atoms with Gasteiger partial charge in [-0.25, -0.2) is 13.8 Å². The molecule has 0 saturated heterocycles. The normalized spacial score (nSPS) is 22.4. The van der Waals surface area contributed by atoms with Gasteiger partial charge in [0.2, 0.25) is 0 Å². The number of nitrogens with zero attached hydrogens (tertiary/aromatic N) is 2. The highest BCUT2D eigenvalue weighted by Gasteiger charge is 2.34. The second kappa shape index (κ2) is 10.2. The van der Waals surface area contributed by atoms with Crippen molar-refractivity contribution in [1.29, 1.82) is 0 Å². The Morgan fingerprint density at radius 1 is 1.18 bits per heavy atom. The maximum atomic E-state index is 14.6. The SMILES string of the molecule is CCC1C(C)CC(c2ccncc2NC(=O)c2ccc(F)c(-c3c(F)cccc3P)n2)CC1N. The van der Waals surface area contributed by atoms with Gasteiger partial charge < -0.3 is 11.1 Å². The van der Waals surface area contributed by atoms with E-state index in [2.05, 4.69) is 38.4 Å². The highest BCUT2D eigenvalue weighted by molar-refractivity contribution is 7.28. The lowest BCUT2D eigenvalue weighted by Crippen LogP contribution is -2.40. The first-order chi connectivity index (χ1) is 16.3. The largest absolute Gasteiger partial charge is 0.327 e. The Kier molecular flexibility index (Phi) is 7.34. The second-order valence-electron chi connectivity index (χ2n) is 9.03. The van der Waals surface area contributed by atoms with E-state index in [0.717, 1.165) is 30.9 Å². The van der Waals surface area contributed by atoms with Gasteiger partial charge in [0, 0.05) is 17.8 Å². The zero-order valence-electron chi connectivity index (χ0n) is 19.3. The number of benzene rings is 1. The monoisotopic (exact) mass is 482 g/mol. The molecule has 8 heteroatoms. The minimum absolute atomic E-state index is 0.0115. The summed E-state index contributed by atoms with van der Waals surface area (Å²) in [7, 11) is 2.37. The molecule has 4 rings (SSSR count). The van der Waals surface area contributed by atoms with E-state index in [4.69, 9.17) is 5.73 Å². The molecule has 3 aromatic rings. The van der Waals surface area contributed by atoms with Gasteiger partial charge in [0.05, 0.1) is 11.9 Å². The molecule has 0 spiro atoms. The minimum Gasteiger partial charge on any atom is -0.327 e. The molecule has 5 unspecified atom stereocenters. The number of hydrogen-bond acceptors (Lipinski definition) is 4. The summed E-state index contributed by atoms with van der Waals surface area (Å²) >= 11 is 0. The molecule has 1 amide bonds. The van der Waals surface area contributed by atoms with Crippen LogP contribution in [0.1, 0.15) is 55.1 Å². The number of hydrogen-bond donors (Lipinski definition) is 2. The van der Waals surface area contributed by atoms with Crippen LogP contribution in [0.15, 0.2) is 48.8 Å². The molecule has 34 heavy (non-hydrogen) atoms. The lowest BCUT2D eigenvalue weighted by molar-refractivity contribution is 0.102. The first-order valence-electron chi connectivity index (χ1n) is 11.5. The highest BCUT2D eigenvalue weighted by atomic mass is 31.0. The number of nitrogens with two attached hydrogens (primary N) is 1. The fourth-order valence-electron chi connectivity index (χ4n) is 5.19. The number of aromatic nitrogens is 2. The molecule has 1 saturated carbocycles. The predicted molar refractivity (Wildman–Crippen MR) is 134 cm³/mol. The molecule has 3 N–H and O–H groups in total. The molecule has 178 valence electrons. The Morgan fingerprint density at radius 3 is 2.68 bits per heavy atom. The average Bonchev–Trinajstić information content (AvgIpc) is 2.80. The summed E-state index contributed by atoms with van der Waals surface area (Å²) in [6.07, 6.45) is 6.17. The third-order valence-electron chi connectivity index (χ3n) is 6.87. The van der Waals surface area contributed by atoms with Gasteiger partial charge in [-0.3, -0.25) is 9.78 Å². The van der Waals surface area contributed by atoms with Crippen molar-refractivity contribution in [3.8, 4) is 11.3 Å². The Bertz CT molecular complexity index is 1170. The Morgan fingerprint density at radius 2 is 1.97 bits per heavy atom. The van der Waals surface area contributed by atoms with Crippen molar-refractivity contribution in [3.63, 3.8) is 0 Å². The van der Waals surface area contributed by atoms with Crippen LogP contribution >= 0.6 is 9.24 Å². The van der Waals surface area contributed by atoms with Gasteiger partial charge in [0.25, 0.3) is 5.91 Å². The lowest BCUT2D eigenvalue weighted by atomic mass is 9.69. The zero-order valence-corrected chi connectivity index (χ0v) is 20.4. The molecule has 1 aliphatic carbocycles. The molecular formula is C26H29F2N4OP. The summed E-state index contributed by atoms with van der Waals surface area (Å²) in [4.78, 5) is 21.4. The number of nitrogens with one attached hydrogen (secondary N) is 1. The smallest absolute Gasteiger partial charge is 0.274 e. The molecule has 2 heterocycles. The summed E-state index contributed by atoms with van der Waals surface area (Å²) in [6.45, 7) is 4.40. The third-order valence-corrected chi connectivity index (χ3v) is 7.35. The Hall–Kier alpha value is -2.76. The number of pyridine rings is 2. The van der Waals surface area contributed by atoms with Gasteiger partial charge in [-0.2, -0.15) is 0 Å². The predicted octanol–water partition coefficient (Wildman–Crippen LogP) is 5.04. The molecule has 1 aromatic carbocycles. The average molecular weight is 483 g/mol. The summed E-state index contributed by atoms with van der Waals surface area (Å²) < 4.78 is 29.0. The van der Waals surface area contributed by atoms with E-state index >= 15 is 0 Å². The highest BCUT2D eigenvalue weighted by Crippen LogP contribution is 2.42. The number of carbonyl (C=O) groups is 1. The first-order valence-corrected chi connectivity index (χ1v) is 12.1. The molecule has 1 fully saturated rings. The summed E-state index contributed by atoms with van der Waals surface area (Å²) in [5.41, 5.74) is 7.82. The van der Waals surface area contributed by atoms with Crippen LogP contribution in [0.25, 0.3) is 11.3 Å². The standard InChI is InChI=1S/C26H29F2N4OP/c1-3-16-14(2)11-15(12-20(16)29)17-9-10-30-13-22(17)32-26(33)21-8-7-19(28)25(31-21)24-18(27)5-4-6-23(24)34/h4-10,13-16,20H,3,11-12,29,34H2,1-2H3,(H,32,33). The van der Waals surface area contributed by atoms with Crippen LogP contribution in [0, 0.1) is 23.5 Å². The number of amides is 1. The number of rotatable bonds is 5. The molecule has 0 aliphatic heterocycles. The van der Waals surface area contributed by atoms with E-state index in [0.29, 0.717) is 22.8 Å². The molecule has 2 aromatic heterocycles. The Labute approximate surface area is 200 Å². The van der Waals surface area contributed by atoms with Crippen LogP contribution in [0.3, 0.4) is 0 Å². The van der Waals surface area contributed by atoms with Crippen molar-refractivity contribution in [2.45, 2.75) is 45.1 Å². The minimum atomic E-state index is -0.705. The van der Waals surface area contributed by atoms with E-state index in [9.17, 15) is 13.6 Å². The van der Waals surface area contributed by atoms with Crippen molar-refractivity contribution in [1.82, 2.24) is 9.97 Å². The van der Waals surface area contributed by atoms with Gasteiger partial charge in [-0.1, -0.05) is 32.4 Å². The van der Waals surface area contributed by atoms with E-state index in [1.165, 1.54) is 18.2 Å². The number of carbonyl (C=O) groups excluding carboxylic acids is 1. The maximum Gasteiger partial charge on any atom is 0.274 e. The van der Waals surface area contributed by atoms with Gasteiger partial charge in [-0.15, -0.1) is 9.24 Å². The van der Waals surface area contributed by atoms with Crippen LogP contribution in [0.4, 0.5) is 14.5 Å². The molecule has 0 radical (unpaired) electrons. The van der Waals surface area contributed by atoms with Crippen molar-refractivity contribution < 1.29 is 13.6 Å². The fourth-order valence-corrected chi connectivity index (χ4v) is 5.58. The molecular weight excluding hydrogens is 453 g/mol. The fraction of sp³-hybridized carbons (Fsp3) is 0.346. The molecule has 5 atom stereocenters. The molecule has 5 nitrogen and oxygen atoms in total. The third kappa shape index (κ3) is 4.86. The van der Waals surface area contributed by atoms with Gasteiger partial charge in [0.15, 0.2) is 0 Å². The van der Waals surface area contributed by atoms with Crippen molar-refractivity contribution >= 4 is 26.1 Å².